The predicted molar refractivity (Wildman–Crippen MR) is 48.4 cm³/mol. The Kier molecular flexibility index (Phi) is 9.91. The van der Waals surface area contributed by atoms with Gasteiger partial charge in [0, 0.05) is 4.57 Å². The summed E-state index contributed by atoms with van der Waals surface area (Å²) in [6, 6.07) is 0. The molecular formula is C4H14NO7P2+. The first-order valence-electron chi connectivity index (χ1n) is 3.50. The van der Waals surface area contributed by atoms with Crippen molar-refractivity contribution in [3.63, 3.8) is 0 Å². The number of aliphatic hydroxyl groups excluding tert-OH is 1. The van der Waals surface area contributed by atoms with Crippen LogP contribution in [0.5, 0.6) is 0 Å². The van der Waals surface area contributed by atoms with Crippen molar-refractivity contribution < 1.29 is 33.8 Å². The van der Waals surface area contributed by atoms with Gasteiger partial charge in [-0.05, 0) is 19.4 Å². The average Bonchev–Trinajstić information content (AvgIpc) is 1.97. The third-order valence-corrected chi connectivity index (χ3v) is 2.09. The molecule has 0 saturated heterocycles. The molecular weight excluding hydrogens is 236 g/mol. The van der Waals surface area contributed by atoms with E-state index in [0.29, 0.717) is 13.0 Å². The quantitative estimate of drug-likeness (QED) is 0.341. The molecule has 7 N–H and O–H groups in total. The van der Waals surface area contributed by atoms with Gasteiger partial charge in [-0.2, -0.15) is 0 Å². The van der Waals surface area contributed by atoms with E-state index in [2.05, 4.69) is 0 Å². The molecule has 0 heterocycles. The zero-order valence-corrected chi connectivity index (χ0v) is 9.01. The summed E-state index contributed by atoms with van der Waals surface area (Å²) in [6.07, 6.45) is 0.479. The fraction of sp³-hybridized carbons (Fsp3) is 1.00. The van der Waals surface area contributed by atoms with Gasteiger partial charge in [0.1, 0.15) is 0 Å². The van der Waals surface area contributed by atoms with Crippen molar-refractivity contribution in [2.75, 3.05) is 6.54 Å². The summed E-state index contributed by atoms with van der Waals surface area (Å²) in [6.45, 7) is 0.330. The first-order valence-corrected chi connectivity index (χ1v) is 6.34. The monoisotopic (exact) mass is 250 g/mol. The van der Waals surface area contributed by atoms with Crippen LogP contribution in [0.15, 0.2) is 0 Å². The minimum Gasteiger partial charge on any atom is -0.380 e. The molecule has 0 rings (SSSR count). The van der Waals surface area contributed by atoms with Gasteiger partial charge in [0.2, 0.25) is 0 Å². The van der Waals surface area contributed by atoms with Crippen LogP contribution in [0.1, 0.15) is 12.8 Å². The molecule has 0 aromatic heterocycles. The predicted octanol–water partition coefficient (Wildman–Crippen LogP) is -1.15. The highest BCUT2D eigenvalue weighted by Gasteiger charge is 2.24. The zero-order chi connectivity index (χ0) is 11.8. The van der Waals surface area contributed by atoms with Crippen molar-refractivity contribution in [1.82, 2.24) is 0 Å². The summed E-state index contributed by atoms with van der Waals surface area (Å²) >= 11 is 0. The molecule has 0 aliphatic rings. The van der Waals surface area contributed by atoms with E-state index in [0.717, 1.165) is 0 Å². The van der Waals surface area contributed by atoms with Gasteiger partial charge < -0.3 is 20.6 Å². The van der Waals surface area contributed by atoms with E-state index in [-0.39, 0.29) is 6.42 Å². The van der Waals surface area contributed by atoms with Gasteiger partial charge >= 0.3 is 15.9 Å². The largest absolute Gasteiger partial charge is 0.692 e. The molecule has 86 valence electrons. The maximum atomic E-state index is 10.2. The van der Waals surface area contributed by atoms with Gasteiger partial charge in [-0.3, -0.25) is 4.57 Å². The summed E-state index contributed by atoms with van der Waals surface area (Å²) < 4.78 is 18.9. The Morgan fingerprint density at radius 2 is 1.71 bits per heavy atom. The van der Waals surface area contributed by atoms with E-state index in [1.165, 1.54) is 0 Å². The Balaban J connectivity index is 0. The Morgan fingerprint density at radius 1 is 1.36 bits per heavy atom. The minimum atomic E-state index is -4.29. The van der Waals surface area contributed by atoms with Crippen molar-refractivity contribution in [2.24, 2.45) is 5.73 Å². The van der Waals surface area contributed by atoms with Crippen LogP contribution in [-0.4, -0.2) is 37.1 Å². The molecule has 0 fully saturated rings. The van der Waals surface area contributed by atoms with Crippen LogP contribution >= 0.6 is 15.9 Å². The number of aliphatic hydroxyl groups is 1. The lowest BCUT2D eigenvalue weighted by atomic mass is 10.3. The molecule has 1 atom stereocenters. The van der Waals surface area contributed by atoms with Crippen molar-refractivity contribution in [3.05, 3.63) is 0 Å². The Hall–Kier alpha value is 0.0900. The van der Waals surface area contributed by atoms with Crippen LogP contribution in [0.3, 0.4) is 0 Å². The van der Waals surface area contributed by atoms with Gasteiger partial charge in [0.05, 0.1) is 0 Å². The van der Waals surface area contributed by atoms with Crippen molar-refractivity contribution in [1.29, 1.82) is 0 Å². The molecule has 0 amide bonds. The van der Waals surface area contributed by atoms with E-state index in [1.807, 2.05) is 0 Å². The van der Waals surface area contributed by atoms with Crippen LogP contribution < -0.4 is 5.73 Å². The summed E-state index contributed by atoms with van der Waals surface area (Å²) in [4.78, 5) is 30.9. The highest BCUT2D eigenvalue weighted by molar-refractivity contribution is 7.52. The molecule has 0 bridgehead atoms. The molecule has 10 heteroatoms. The van der Waals surface area contributed by atoms with E-state index >= 15 is 0 Å². The smallest absolute Gasteiger partial charge is 0.380 e. The van der Waals surface area contributed by atoms with E-state index in [9.17, 15) is 4.57 Å². The van der Waals surface area contributed by atoms with Crippen LogP contribution in [0.25, 0.3) is 0 Å². The number of hydrogen-bond acceptors (Lipinski definition) is 4. The number of nitrogens with two attached hydrogens (primary N) is 1. The molecule has 0 aromatic carbocycles. The zero-order valence-electron chi connectivity index (χ0n) is 7.22. The first kappa shape index (κ1) is 16.5. The maximum Gasteiger partial charge on any atom is 0.692 e. The minimum absolute atomic E-state index is 0.0563. The van der Waals surface area contributed by atoms with Gasteiger partial charge in [0.15, 0.2) is 5.85 Å². The second-order valence-corrected chi connectivity index (χ2v) is 4.53. The second-order valence-electron chi connectivity index (χ2n) is 2.25. The normalized spacial score (nSPS) is 12.7. The molecule has 8 nitrogen and oxygen atoms in total. The highest BCUT2D eigenvalue weighted by Crippen LogP contribution is 2.41. The summed E-state index contributed by atoms with van der Waals surface area (Å²) in [5, 5.41) is 8.70. The third kappa shape index (κ3) is 14.6. The second kappa shape index (κ2) is 8.40. The van der Waals surface area contributed by atoms with E-state index in [4.69, 9.17) is 35.0 Å². The SMILES string of the molecule is NCCCC(O)P(=O)(O)O.O=[P+](O)O. The molecule has 0 spiro atoms. The topological polar surface area (TPSA) is 161 Å². The summed E-state index contributed by atoms with van der Waals surface area (Å²) in [5.41, 5.74) is 5.06. The highest BCUT2D eigenvalue weighted by atomic mass is 31.2. The van der Waals surface area contributed by atoms with Gasteiger partial charge in [-0.1, -0.05) is 0 Å². The number of hydrogen-bond donors (Lipinski definition) is 6. The van der Waals surface area contributed by atoms with E-state index in [1.54, 1.807) is 0 Å². The van der Waals surface area contributed by atoms with Crippen molar-refractivity contribution >= 4 is 15.9 Å². The molecule has 0 aromatic rings. The van der Waals surface area contributed by atoms with Crippen LogP contribution in [0, 0.1) is 0 Å². The number of rotatable bonds is 4. The van der Waals surface area contributed by atoms with Gasteiger partial charge in [-0.15, -0.1) is 9.79 Å². The third-order valence-electron chi connectivity index (χ3n) is 1.05. The van der Waals surface area contributed by atoms with Crippen LogP contribution in [-0.2, 0) is 9.13 Å². The lowest BCUT2D eigenvalue weighted by Gasteiger charge is -2.10. The Morgan fingerprint density at radius 3 is 1.93 bits per heavy atom. The van der Waals surface area contributed by atoms with E-state index < -0.39 is 21.7 Å². The lowest BCUT2D eigenvalue weighted by molar-refractivity contribution is 0.192. The fourth-order valence-electron chi connectivity index (χ4n) is 0.469. The standard InChI is InChI=1S/C4H12NO4P.HO3P/c5-3-1-2-4(6)10(7,8)9;1-4(2)3/h4,6H,1-3,5H2,(H2,7,8,9);(H-,1,2,3)/p+1. The summed E-state index contributed by atoms with van der Waals surface area (Å²) in [7, 11) is -7.16. The summed E-state index contributed by atoms with van der Waals surface area (Å²) in [5.74, 6) is -1.55. The van der Waals surface area contributed by atoms with Crippen LogP contribution in [0.4, 0.5) is 0 Å². The molecule has 0 aliphatic carbocycles. The molecule has 14 heavy (non-hydrogen) atoms. The molecule has 0 aliphatic heterocycles. The van der Waals surface area contributed by atoms with Crippen LogP contribution in [0.2, 0.25) is 0 Å². The molecule has 1 unspecified atom stereocenters. The average molecular weight is 250 g/mol. The van der Waals surface area contributed by atoms with Gasteiger partial charge in [-0.25, -0.2) is 0 Å². The first-order chi connectivity index (χ1) is 6.21. The van der Waals surface area contributed by atoms with Crippen molar-refractivity contribution in [2.45, 2.75) is 18.7 Å². The lowest BCUT2D eigenvalue weighted by Crippen LogP contribution is -2.09. The Labute approximate surface area is 81.5 Å². The Bertz CT molecular complexity index is 200. The molecule has 0 radical (unpaired) electrons. The molecule has 0 saturated carbocycles. The maximum absolute atomic E-state index is 10.2. The van der Waals surface area contributed by atoms with Gasteiger partial charge in [0.25, 0.3) is 0 Å². The van der Waals surface area contributed by atoms with Crippen molar-refractivity contribution in [3.8, 4) is 0 Å². The fourth-order valence-corrected chi connectivity index (χ4v) is 0.988.